The van der Waals surface area contributed by atoms with E-state index in [2.05, 4.69) is 5.32 Å². The lowest BCUT2D eigenvalue weighted by Crippen LogP contribution is -2.11. The molecule has 8 heteroatoms. The van der Waals surface area contributed by atoms with Crippen molar-refractivity contribution < 1.29 is 27.5 Å². The van der Waals surface area contributed by atoms with E-state index in [1.54, 1.807) is 0 Å². The highest BCUT2D eigenvalue weighted by Gasteiger charge is 2.27. The van der Waals surface area contributed by atoms with Crippen molar-refractivity contribution in [2.75, 3.05) is 25.1 Å². The minimum Gasteiger partial charge on any atom is -0.459 e. The quantitative estimate of drug-likeness (QED) is 0.593. The van der Waals surface area contributed by atoms with Gasteiger partial charge in [0.15, 0.2) is 22.8 Å². The number of hydrogen-bond acceptors (Lipinski definition) is 6. The molecule has 1 saturated heterocycles. The number of benzene rings is 2. The van der Waals surface area contributed by atoms with Crippen molar-refractivity contribution in [3.63, 3.8) is 0 Å². The van der Waals surface area contributed by atoms with Crippen molar-refractivity contribution in [1.82, 2.24) is 0 Å². The zero-order valence-corrected chi connectivity index (χ0v) is 16.4. The van der Waals surface area contributed by atoms with Crippen LogP contribution in [0.5, 0.6) is 0 Å². The topological polar surface area (TPSA) is 60.7 Å². The van der Waals surface area contributed by atoms with Gasteiger partial charge in [-0.1, -0.05) is 42.1 Å². The normalized spacial score (nSPS) is 15.7. The van der Waals surface area contributed by atoms with Crippen LogP contribution >= 0.6 is 11.8 Å². The zero-order valence-electron chi connectivity index (χ0n) is 15.6. The standard InChI is InChI=1S/C21H19F2NO4S/c1-12(25)29-17(13-5-3-2-4-6-13)10-24-16-11-28-20-14(16)9-15(18(22)19(20)23)21-26-7-8-27-21/h2-6,9,11,17,21,24H,7-8,10H2,1H3/t17-/m1/s1. The van der Waals surface area contributed by atoms with Gasteiger partial charge in [-0.05, 0) is 11.6 Å². The Bertz CT molecular complexity index is 1020. The maximum atomic E-state index is 14.5. The van der Waals surface area contributed by atoms with Gasteiger partial charge >= 0.3 is 0 Å². The van der Waals surface area contributed by atoms with Gasteiger partial charge in [0, 0.05) is 24.4 Å². The number of carbonyl (C=O) groups is 1. The summed E-state index contributed by atoms with van der Waals surface area (Å²) in [6.45, 7) is 2.55. The smallest absolute Gasteiger partial charge is 0.202 e. The van der Waals surface area contributed by atoms with Gasteiger partial charge in [0.1, 0.15) is 6.26 Å². The molecule has 3 aromatic rings. The summed E-state index contributed by atoms with van der Waals surface area (Å²) in [5.74, 6) is -2.12. The zero-order chi connectivity index (χ0) is 20.4. The number of hydrogen-bond donors (Lipinski definition) is 1. The Kier molecular flexibility index (Phi) is 5.84. The van der Waals surface area contributed by atoms with E-state index in [9.17, 15) is 13.6 Å². The van der Waals surface area contributed by atoms with Crippen LogP contribution in [0.2, 0.25) is 0 Å². The van der Waals surface area contributed by atoms with Crippen LogP contribution in [-0.2, 0) is 14.3 Å². The number of nitrogens with one attached hydrogen (secondary N) is 1. The van der Waals surface area contributed by atoms with Crippen molar-refractivity contribution in [1.29, 1.82) is 0 Å². The third kappa shape index (κ3) is 4.14. The van der Waals surface area contributed by atoms with Crippen LogP contribution in [0.15, 0.2) is 47.1 Å². The fraction of sp³-hybridized carbons (Fsp3) is 0.286. The first-order valence-corrected chi connectivity index (χ1v) is 10.0. The first kappa shape index (κ1) is 19.9. The van der Waals surface area contributed by atoms with E-state index in [-0.39, 0.29) is 21.5 Å². The molecule has 0 unspecified atom stereocenters. The van der Waals surface area contributed by atoms with Crippen LogP contribution in [0.3, 0.4) is 0 Å². The van der Waals surface area contributed by atoms with Crippen molar-refractivity contribution in [2.24, 2.45) is 0 Å². The van der Waals surface area contributed by atoms with Crippen LogP contribution < -0.4 is 5.32 Å². The molecule has 4 rings (SSSR count). The van der Waals surface area contributed by atoms with Crippen LogP contribution in [0.25, 0.3) is 11.0 Å². The van der Waals surface area contributed by atoms with Gasteiger partial charge in [-0.15, -0.1) is 0 Å². The maximum absolute atomic E-state index is 14.5. The average molecular weight is 419 g/mol. The fourth-order valence-corrected chi connectivity index (χ4v) is 4.13. The molecular weight excluding hydrogens is 400 g/mol. The van der Waals surface area contributed by atoms with Gasteiger partial charge in [0.2, 0.25) is 5.82 Å². The summed E-state index contributed by atoms with van der Waals surface area (Å²) in [5, 5.41) is 3.43. The maximum Gasteiger partial charge on any atom is 0.202 e. The van der Waals surface area contributed by atoms with E-state index in [0.717, 1.165) is 5.56 Å². The molecule has 0 aliphatic carbocycles. The second-order valence-electron chi connectivity index (χ2n) is 6.58. The van der Waals surface area contributed by atoms with Gasteiger partial charge in [-0.2, -0.15) is 4.39 Å². The number of fused-ring (bicyclic) bond motifs is 1. The van der Waals surface area contributed by atoms with E-state index in [0.29, 0.717) is 30.8 Å². The molecule has 1 atom stereocenters. The Morgan fingerprint density at radius 3 is 2.62 bits per heavy atom. The molecule has 152 valence electrons. The Balaban J connectivity index is 1.62. The number of thioether (sulfide) groups is 1. The van der Waals surface area contributed by atoms with E-state index in [1.165, 1.54) is 31.0 Å². The summed E-state index contributed by atoms with van der Waals surface area (Å²) in [4.78, 5) is 11.7. The fourth-order valence-electron chi connectivity index (χ4n) is 3.27. The van der Waals surface area contributed by atoms with Crippen LogP contribution in [0.4, 0.5) is 14.5 Å². The third-order valence-electron chi connectivity index (χ3n) is 4.61. The van der Waals surface area contributed by atoms with Gasteiger partial charge < -0.3 is 19.2 Å². The van der Waals surface area contributed by atoms with Crippen LogP contribution in [0, 0.1) is 11.6 Å². The summed E-state index contributed by atoms with van der Waals surface area (Å²) in [6, 6.07) is 11.1. The van der Waals surface area contributed by atoms with Crippen LogP contribution in [0.1, 0.15) is 29.6 Å². The number of ether oxygens (including phenoxy) is 2. The first-order chi connectivity index (χ1) is 14.0. The SMILES string of the molecule is CC(=O)S[C@H](CNc1coc2c(F)c(F)c(C3OCCO3)cc12)c1ccccc1. The molecule has 29 heavy (non-hydrogen) atoms. The van der Waals surface area contributed by atoms with E-state index < -0.39 is 17.9 Å². The van der Waals surface area contributed by atoms with Crippen molar-refractivity contribution in [3.05, 3.63) is 65.4 Å². The molecule has 0 saturated carbocycles. The van der Waals surface area contributed by atoms with E-state index in [1.807, 2.05) is 30.3 Å². The summed E-state index contributed by atoms with van der Waals surface area (Å²) in [7, 11) is 0. The highest BCUT2D eigenvalue weighted by atomic mass is 32.2. The molecule has 1 aliphatic heterocycles. The largest absolute Gasteiger partial charge is 0.459 e. The number of rotatable bonds is 6. The second kappa shape index (κ2) is 8.52. The van der Waals surface area contributed by atoms with Crippen molar-refractivity contribution >= 4 is 33.5 Å². The summed E-state index contributed by atoms with van der Waals surface area (Å²) >= 11 is 1.20. The first-order valence-electron chi connectivity index (χ1n) is 9.13. The van der Waals surface area contributed by atoms with Gasteiger partial charge in [-0.3, -0.25) is 4.79 Å². The van der Waals surface area contributed by atoms with Crippen LogP contribution in [-0.4, -0.2) is 24.9 Å². The summed E-state index contributed by atoms with van der Waals surface area (Å²) < 4.78 is 44.8. The van der Waals surface area contributed by atoms with Gasteiger partial charge in [0.25, 0.3) is 0 Å². The number of halogens is 2. The van der Waals surface area contributed by atoms with Gasteiger partial charge in [-0.25, -0.2) is 4.39 Å². The lowest BCUT2D eigenvalue weighted by molar-refractivity contribution is -0.109. The molecule has 5 nitrogen and oxygen atoms in total. The molecule has 0 spiro atoms. The number of anilines is 1. The van der Waals surface area contributed by atoms with E-state index >= 15 is 0 Å². The second-order valence-corrected chi connectivity index (χ2v) is 7.96. The average Bonchev–Trinajstić information content (AvgIpc) is 3.38. The summed E-state index contributed by atoms with van der Waals surface area (Å²) in [6.07, 6.45) is 0.398. The molecule has 0 radical (unpaired) electrons. The number of carbonyl (C=O) groups excluding carboxylic acids is 1. The highest BCUT2D eigenvalue weighted by Crippen LogP contribution is 2.37. The Morgan fingerprint density at radius 1 is 1.21 bits per heavy atom. The predicted octanol–water partition coefficient (Wildman–Crippen LogP) is 5.19. The lowest BCUT2D eigenvalue weighted by atomic mass is 10.1. The molecule has 1 aliphatic rings. The van der Waals surface area contributed by atoms with Crippen molar-refractivity contribution in [2.45, 2.75) is 18.5 Å². The molecule has 1 aromatic heterocycles. The molecule has 0 amide bonds. The summed E-state index contributed by atoms with van der Waals surface area (Å²) in [5.41, 5.74) is 1.30. The minimum atomic E-state index is -1.08. The highest BCUT2D eigenvalue weighted by molar-refractivity contribution is 8.13. The molecule has 1 fully saturated rings. The third-order valence-corrected chi connectivity index (χ3v) is 5.66. The van der Waals surface area contributed by atoms with Crippen molar-refractivity contribution in [3.8, 4) is 0 Å². The molecule has 1 N–H and O–H groups in total. The lowest BCUT2D eigenvalue weighted by Gasteiger charge is -2.17. The molecule has 2 aromatic carbocycles. The monoisotopic (exact) mass is 419 g/mol. The molecule has 0 bridgehead atoms. The predicted molar refractivity (Wildman–Crippen MR) is 107 cm³/mol. The Morgan fingerprint density at radius 2 is 1.93 bits per heavy atom. The Hall–Kier alpha value is -2.42. The molecule has 2 heterocycles. The van der Waals surface area contributed by atoms with E-state index in [4.69, 9.17) is 13.9 Å². The number of furan rings is 1. The molecular formula is C21H19F2NO4S. The minimum absolute atomic E-state index is 0.00493. The Labute approximate surface area is 170 Å². The van der Waals surface area contributed by atoms with Gasteiger partial charge in [0.05, 0.1) is 24.2 Å².